The second-order valence-electron chi connectivity index (χ2n) is 5.90. The first-order valence-corrected chi connectivity index (χ1v) is 8.39. The largest absolute Gasteiger partial charge is 1.00 e. The van der Waals surface area contributed by atoms with Gasteiger partial charge in [-0.2, -0.15) is 0 Å². The minimum Gasteiger partial charge on any atom is -0.808 e. The van der Waals surface area contributed by atoms with Crippen LogP contribution in [-0.4, -0.2) is 18.0 Å². The summed E-state index contributed by atoms with van der Waals surface area (Å²) in [4.78, 5) is 33.4. The molecule has 0 spiro atoms. The maximum atomic E-state index is 11.3. The fourth-order valence-corrected chi connectivity index (χ4v) is 3.48. The van der Waals surface area contributed by atoms with E-state index in [1.165, 1.54) is 13.0 Å². The molecule has 0 aliphatic heterocycles. The Morgan fingerprint density at radius 2 is 1.96 bits per heavy atom. The summed E-state index contributed by atoms with van der Waals surface area (Å²) in [5.41, 5.74) is 6.03. The molecule has 3 N–H and O–H groups in total. The van der Waals surface area contributed by atoms with Crippen LogP contribution < -0.4 is 80.0 Å². The molecule has 6 nitrogen and oxygen atoms in total. The first kappa shape index (κ1) is 29.4. The maximum absolute atomic E-state index is 11.3. The predicted octanol–water partition coefficient (Wildman–Crippen LogP) is -5.50. The molecule has 1 aliphatic rings. The average molecular weight is 385 g/mol. The number of amides is 1. The monoisotopic (exact) mass is 384 g/mol. The van der Waals surface area contributed by atoms with Gasteiger partial charge < -0.3 is 25.4 Å². The molecular weight excluding hydrogens is 361 g/mol. The van der Waals surface area contributed by atoms with Crippen molar-refractivity contribution in [2.24, 2.45) is 17.6 Å². The molecule has 0 radical (unpaired) electrons. The Hall–Kier alpha value is 1.61. The zero-order valence-corrected chi connectivity index (χ0v) is 20.3. The van der Waals surface area contributed by atoms with Crippen molar-refractivity contribution in [1.82, 2.24) is 5.32 Å². The second kappa shape index (κ2) is 12.9. The van der Waals surface area contributed by atoms with Gasteiger partial charge in [0, 0.05) is 19.0 Å². The maximum Gasteiger partial charge on any atom is 1.00 e. The van der Waals surface area contributed by atoms with Gasteiger partial charge in [0.1, 0.15) is 0 Å². The summed E-state index contributed by atoms with van der Waals surface area (Å²) >= 11 is 0. The number of carbonyl (C=O) groups is 1. The average Bonchev–Trinajstić information content (AvgIpc) is 2.25. The molecule has 1 rings (SSSR count). The van der Waals surface area contributed by atoms with Crippen molar-refractivity contribution < 1.29 is 78.3 Å². The van der Waals surface area contributed by atoms with Crippen LogP contribution in [0.1, 0.15) is 40.0 Å². The molecular formula is C13H24ClN2Na2O4P. The van der Waals surface area contributed by atoms with Crippen LogP contribution in [-0.2, 0) is 9.36 Å². The van der Waals surface area contributed by atoms with E-state index < -0.39 is 13.6 Å². The third-order valence-electron chi connectivity index (χ3n) is 3.60. The van der Waals surface area contributed by atoms with Crippen molar-refractivity contribution >= 4 is 25.9 Å². The van der Waals surface area contributed by atoms with Crippen LogP contribution in [0.15, 0.2) is 11.4 Å². The normalized spacial score (nSPS) is 22.0. The van der Waals surface area contributed by atoms with Gasteiger partial charge in [-0.3, -0.25) is 4.79 Å². The van der Waals surface area contributed by atoms with E-state index in [-0.39, 0.29) is 101 Å². The number of carbonyl (C=O) groups excluding carboxylic acids is 1. The van der Waals surface area contributed by atoms with Gasteiger partial charge in [0.15, 0.2) is 0 Å². The Labute approximate surface area is 189 Å². The molecule has 3 atom stereocenters. The van der Waals surface area contributed by atoms with Crippen LogP contribution >= 0.6 is 20.0 Å². The number of nitrogens with one attached hydrogen (secondary N) is 1. The Morgan fingerprint density at radius 1 is 1.43 bits per heavy atom. The van der Waals surface area contributed by atoms with Crippen LogP contribution in [0.2, 0.25) is 0 Å². The third kappa shape index (κ3) is 10.4. The zero-order chi connectivity index (χ0) is 15.5. The van der Waals surface area contributed by atoms with E-state index in [0.29, 0.717) is 12.3 Å². The summed E-state index contributed by atoms with van der Waals surface area (Å²) < 4.78 is 11.0. The zero-order valence-electron chi connectivity index (χ0n) is 14.6. The summed E-state index contributed by atoms with van der Waals surface area (Å²) in [6, 6.07) is -0.528. The van der Waals surface area contributed by atoms with Crippen molar-refractivity contribution in [2.75, 3.05) is 0 Å². The number of rotatable bonds is 5. The third-order valence-corrected chi connectivity index (χ3v) is 4.67. The molecule has 23 heavy (non-hydrogen) atoms. The van der Waals surface area contributed by atoms with Crippen LogP contribution in [0.4, 0.5) is 0 Å². The van der Waals surface area contributed by atoms with Crippen molar-refractivity contribution in [3.63, 3.8) is 0 Å². The van der Waals surface area contributed by atoms with Crippen LogP contribution in [0, 0.1) is 11.8 Å². The van der Waals surface area contributed by atoms with E-state index in [2.05, 4.69) is 5.32 Å². The number of allylic oxidation sites excluding steroid dienone is 1. The summed E-state index contributed by atoms with van der Waals surface area (Å²) in [6.07, 6.45) is 2.70. The molecule has 124 valence electrons. The molecule has 0 aromatic rings. The van der Waals surface area contributed by atoms with Crippen molar-refractivity contribution in [3.8, 4) is 0 Å². The van der Waals surface area contributed by atoms with Gasteiger partial charge in [-0.1, -0.05) is 19.9 Å². The topological polar surface area (TPSA) is 118 Å². The SMILES string of the molecule is CC(=O)N[C@@H](CC(C)C)[C@@H]1CC=C(P(=O)([O-])[O-])C[C@H]1N.Cl.[Na+].[Na+]. The standard InChI is InChI=1S/C13H25N2O4P.ClH.2Na/c1-8(2)6-13(15-9(3)16)11-5-4-10(7-12(11)14)20(17,18)19;;;/h4,8,11-13H,5-7,14H2,1-3H3,(H,15,16)(H2,17,18,19);1H;;/q;;2*+1/p-2/t11-,12-,13+;;;/m1.../s1. The number of hydrogen-bond donors (Lipinski definition) is 2. The Bertz CT molecular complexity index is 446. The molecule has 0 unspecified atom stereocenters. The molecule has 1 amide bonds. The van der Waals surface area contributed by atoms with Crippen LogP contribution in [0.5, 0.6) is 0 Å². The van der Waals surface area contributed by atoms with E-state index in [4.69, 9.17) is 5.73 Å². The Balaban J connectivity index is -0.00000133. The smallest absolute Gasteiger partial charge is 0.808 e. The minimum atomic E-state index is -4.70. The van der Waals surface area contributed by atoms with Gasteiger partial charge in [0.2, 0.25) is 5.91 Å². The quantitative estimate of drug-likeness (QED) is 0.362. The molecule has 0 aromatic carbocycles. The van der Waals surface area contributed by atoms with E-state index >= 15 is 0 Å². The predicted molar refractivity (Wildman–Crippen MR) is 80.7 cm³/mol. The van der Waals surface area contributed by atoms with Crippen LogP contribution in [0.3, 0.4) is 0 Å². The van der Waals surface area contributed by atoms with Crippen molar-refractivity contribution in [2.45, 2.75) is 52.1 Å². The number of hydrogen-bond acceptors (Lipinski definition) is 5. The molecule has 10 heteroatoms. The van der Waals surface area contributed by atoms with Crippen molar-refractivity contribution in [1.29, 1.82) is 0 Å². The summed E-state index contributed by atoms with van der Waals surface area (Å²) in [5, 5.41) is 2.79. The summed E-state index contributed by atoms with van der Waals surface area (Å²) in [6.45, 7) is 5.55. The molecule has 0 heterocycles. The number of halogens is 1. The minimum absolute atomic E-state index is 0. The Morgan fingerprint density at radius 3 is 2.30 bits per heavy atom. The van der Waals surface area contributed by atoms with E-state index in [9.17, 15) is 19.1 Å². The molecule has 1 aliphatic carbocycles. The molecule has 0 bridgehead atoms. The Kier molecular flexibility index (Phi) is 16.5. The fourth-order valence-electron chi connectivity index (χ4n) is 2.72. The first-order valence-electron chi connectivity index (χ1n) is 6.85. The first-order chi connectivity index (χ1) is 9.11. The summed E-state index contributed by atoms with van der Waals surface area (Å²) in [7, 11) is -4.70. The van der Waals surface area contributed by atoms with Crippen LogP contribution in [0.25, 0.3) is 0 Å². The van der Waals surface area contributed by atoms with Gasteiger partial charge in [-0.15, -0.1) is 12.4 Å². The van der Waals surface area contributed by atoms with E-state index in [1.54, 1.807) is 0 Å². The number of nitrogens with two attached hydrogens (primary N) is 1. The fraction of sp³-hybridized carbons (Fsp3) is 0.769. The second-order valence-corrected chi connectivity index (χ2v) is 7.47. The van der Waals surface area contributed by atoms with Gasteiger partial charge >= 0.3 is 59.1 Å². The summed E-state index contributed by atoms with van der Waals surface area (Å²) in [5.74, 6) is 0.210. The van der Waals surface area contributed by atoms with E-state index in [1.807, 2.05) is 13.8 Å². The molecule has 0 saturated carbocycles. The van der Waals surface area contributed by atoms with Gasteiger partial charge in [0.05, 0.1) is 0 Å². The van der Waals surface area contributed by atoms with Gasteiger partial charge in [-0.25, -0.2) is 0 Å². The van der Waals surface area contributed by atoms with E-state index in [0.717, 1.165) is 6.42 Å². The molecule has 0 saturated heterocycles. The van der Waals surface area contributed by atoms with Gasteiger partial charge in [0.25, 0.3) is 0 Å². The van der Waals surface area contributed by atoms with Gasteiger partial charge in [-0.05, 0) is 44.0 Å². The molecule has 0 fully saturated rings. The molecule has 0 aromatic heterocycles. The van der Waals surface area contributed by atoms with Crippen molar-refractivity contribution in [3.05, 3.63) is 11.4 Å².